The number of hydrogen-bond acceptors (Lipinski definition) is 6. The fourth-order valence-corrected chi connectivity index (χ4v) is 3.89. The molecule has 2 aromatic rings. The Labute approximate surface area is 169 Å². The van der Waals surface area contributed by atoms with Crippen LogP contribution in [0.3, 0.4) is 0 Å². The van der Waals surface area contributed by atoms with Gasteiger partial charge in [-0.2, -0.15) is 0 Å². The average Bonchev–Trinajstić information content (AvgIpc) is 3.37. The van der Waals surface area contributed by atoms with Gasteiger partial charge >= 0.3 is 0 Å². The molecule has 2 fully saturated rings. The van der Waals surface area contributed by atoms with Crippen molar-refractivity contribution in [1.29, 1.82) is 0 Å². The molecule has 152 valence electrons. The first-order chi connectivity index (χ1) is 14.2. The van der Waals surface area contributed by atoms with Crippen molar-refractivity contribution < 1.29 is 23.8 Å². The molecule has 2 saturated heterocycles. The maximum absolute atomic E-state index is 12.8. The Balaban J connectivity index is 1.60. The van der Waals surface area contributed by atoms with E-state index < -0.39 is 17.7 Å². The highest BCUT2D eigenvalue weighted by Gasteiger charge is 2.47. The van der Waals surface area contributed by atoms with Gasteiger partial charge in [0.2, 0.25) is 0 Å². The summed E-state index contributed by atoms with van der Waals surface area (Å²) >= 11 is 0. The number of rotatable bonds is 6. The van der Waals surface area contributed by atoms with Gasteiger partial charge in [0.05, 0.1) is 25.1 Å². The van der Waals surface area contributed by atoms with Crippen molar-refractivity contribution in [3.63, 3.8) is 0 Å². The molecule has 0 saturated carbocycles. The fraction of sp³-hybridized carbons (Fsp3) is 0.364. The van der Waals surface area contributed by atoms with Gasteiger partial charge in [-0.15, -0.1) is 0 Å². The number of furan rings is 1. The second-order valence-corrected chi connectivity index (χ2v) is 7.18. The Hall–Kier alpha value is -2.90. The number of aliphatic hydroxyl groups excluding tert-OH is 1. The third kappa shape index (κ3) is 3.97. The molecule has 7 heteroatoms. The molecule has 2 aliphatic heterocycles. The minimum absolute atomic E-state index is 0.0718. The third-order valence-electron chi connectivity index (χ3n) is 5.38. The van der Waals surface area contributed by atoms with Crippen LogP contribution in [0.25, 0.3) is 5.76 Å². The molecule has 1 amide bonds. The number of benzene rings is 1. The Bertz CT molecular complexity index is 885. The van der Waals surface area contributed by atoms with Gasteiger partial charge in [0.15, 0.2) is 0 Å². The van der Waals surface area contributed by atoms with Crippen LogP contribution in [-0.4, -0.2) is 66.0 Å². The molecule has 0 aliphatic carbocycles. The molecule has 1 aromatic carbocycles. The van der Waals surface area contributed by atoms with Crippen LogP contribution >= 0.6 is 0 Å². The number of likely N-dealkylation sites (tertiary alicyclic amines) is 1. The number of amides is 1. The quantitative estimate of drug-likeness (QED) is 0.459. The molecule has 2 aliphatic rings. The number of Topliss-reactive ketones (excluding diaryl/α,β-unsaturated/α-hetero) is 1. The lowest BCUT2D eigenvalue weighted by Crippen LogP contribution is -2.38. The molecule has 4 rings (SSSR count). The summed E-state index contributed by atoms with van der Waals surface area (Å²) in [5, 5.41) is 10.8. The average molecular weight is 396 g/mol. The molecule has 1 atom stereocenters. The number of hydrogen-bond donors (Lipinski definition) is 1. The van der Waals surface area contributed by atoms with Crippen LogP contribution in [0.4, 0.5) is 0 Å². The molecule has 1 N–H and O–H groups in total. The summed E-state index contributed by atoms with van der Waals surface area (Å²) in [6.45, 7) is 4.39. The van der Waals surface area contributed by atoms with E-state index in [1.54, 1.807) is 36.4 Å². The van der Waals surface area contributed by atoms with Gasteiger partial charge in [-0.1, -0.05) is 30.3 Å². The van der Waals surface area contributed by atoms with Gasteiger partial charge in [0, 0.05) is 31.7 Å². The maximum atomic E-state index is 12.8. The summed E-state index contributed by atoms with van der Waals surface area (Å²) in [4.78, 5) is 29.4. The lowest BCUT2D eigenvalue weighted by molar-refractivity contribution is -0.140. The summed E-state index contributed by atoms with van der Waals surface area (Å²) in [6.07, 6.45) is 2.22. The first kappa shape index (κ1) is 19.4. The first-order valence-electron chi connectivity index (χ1n) is 9.84. The van der Waals surface area contributed by atoms with Crippen molar-refractivity contribution in [3.05, 3.63) is 65.6 Å². The normalized spacial score (nSPS) is 22.3. The fourth-order valence-electron chi connectivity index (χ4n) is 3.89. The van der Waals surface area contributed by atoms with E-state index in [-0.39, 0.29) is 11.3 Å². The Morgan fingerprint density at radius 1 is 1.03 bits per heavy atom. The predicted octanol–water partition coefficient (Wildman–Crippen LogP) is 2.42. The number of ether oxygens (including phenoxy) is 1. The zero-order valence-corrected chi connectivity index (χ0v) is 16.1. The minimum atomic E-state index is -0.727. The molecule has 1 unspecified atom stereocenters. The SMILES string of the molecule is O=C1C(=O)N(CCCN2CCOCC2)C(c2ccco2)/C1=C(/O)c1ccccc1. The molecule has 0 spiro atoms. The van der Waals surface area contributed by atoms with E-state index in [9.17, 15) is 14.7 Å². The van der Waals surface area contributed by atoms with E-state index in [1.165, 1.54) is 11.2 Å². The van der Waals surface area contributed by atoms with Crippen molar-refractivity contribution in [2.75, 3.05) is 39.4 Å². The first-order valence-corrected chi connectivity index (χ1v) is 9.84. The highest BCUT2D eigenvalue weighted by atomic mass is 16.5. The number of carbonyl (C=O) groups is 2. The monoisotopic (exact) mass is 396 g/mol. The third-order valence-corrected chi connectivity index (χ3v) is 5.38. The van der Waals surface area contributed by atoms with Crippen LogP contribution < -0.4 is 0 Å². The summed E-state index contributed by atoms with van der Waals surface area (Å²) in [5.41, 5.74) is 0.567. The lowest BCUT2D eigenvalue weighted by atomic mass is 9.99. The number of aliphatic hydroxyl groups is 1. The van der Waals surface area contributed by atoms with E-state index >= 15 is 0 Å². The topological polar surface area (TPSA) is 83.2 Å². The van der Waals surface area contributed by atoms with Crippen molar-refractivity contribution in [2.45, 2.75) is 12.5 Å². The molecular weight excluding hydrogens is 372 g/mol. The van der Waals surface area contributed by atoms with Crippen molar-refractivity contribution in [3.8, 4) is 0 Å². The van der Waals surface area contributed by atoms with Crippen molar-refractivity contribution in [2.24, 2.45) is 0 Å². The number of carbonyl (C=O) groups excluding carboxylic acids is 2. The van der Waals surface area contributed by atoms with E-state index in [2.05, 4.69) is 4.90 Å². The van der Waals surface area contributed by atoms with Gasteiger partial charge < -0.3 is 19.2 Å². The summed E-state index contributed by atoms with van der Waals surface area (Å²) in [6, 6.07) is 11.5. The Kier molecular flexibility index (Phi) is 5.78. The van der Waals surface area contributed by atoms with Gasteiger partial charge in [0.25, 0.3) is 11.7 Å². The number of nitrogens with zero attached hydrogens (tertiary/aromatic N) is 2. The second kappa shape index (κ2) is 8.63. The van der Waals surface area contributed by atoms with Crippen LogP contribution in [0.15, 0.2) is 58.7 Å². The molecule has 0 bridgehead atoms. The Morgan fingerprint density at radius 2 is 1.79 bits per heavy atom. The van der Waals surface area contributed by atoms with Crippen molar-refractivity contribution in [1.82, 2.24) is 9.80 Å². The smallest absolute Gasteiger partial charge is 0.295 e. The van der Waals surface area contributed by atoms with Crippen LogP contribution in [0, 0.1) is 0 Å². The summed E-state index contributed by atoms with van der Waals surface area (Å²) in [7, 11) is 0. The predicted molar refractivity (Wildman–Crippen MR) is 106 cm³/mol. The highest BCUT2D eigenvalue weighted by Crippen LogP contribution is 2.39. The summed E-state index contributed by atoms with van der Waals surface area (Å²) in [5.74, 6) is -1.00. The highest BCUT2D eigenvalue weighted by molar-refractivity contribution is 6.46. The van der Waals surface area contributed by atoms with Crippen molar-refractivity contribution >= 4 is 17.4 Å². The Morgan fingerprint density at radius 3 is 2.48 bits per heavy atom. The number of ketones is 1. The molecular formula is C22H24N2O5. The van der Waals surface area contributed by atoms with Crippen LogP contribution in [0.2, 0.25) is 0 Å². The minimum Gasteiger partial charge on any atom is -0.507 e. The second-order valence-electron chi connectivity index (χ2n) is 7.18. The van der Waals surface area contributed by atoms with Gasteiger partial charge in [-0.05, 0) is 18.6 Å². The molecule has 1 aromatic heterocycles. The standard InChI is InChI=1S/C22H24N2O5/c25-20(16-6-2-1-3-7-16)18-19(17-8-4-13-29-17)24(22(27)21(18)26)10-5-9-23-11-14-28-15-12-23/h1-4,6-8,13,19,25H,5,9-12,14-15H2/b20-18-. The van der Waals surface area contributed by atoms with Crippen LogP contribution in [0.1, 0.15) is 23.8 Å². The number of morpholine rings is 1. The van der Waals surface area contributed by atoms with E-state index in [4.69, 9.17) is 9.15 Å². The van der Waals surface area contributed by atoms with Crippen LogP contribution in [0.5, 0.6) is 0 Å². The van der Waals surface area contributed by atoms with E-state index in [1.807, 2.05) is 6.07 Å². The van der Waals surface area contributed by atoms with E-state index in [0.29, 0.717) is 31.1 Å². The largest absolute Gasteiger partial charge is 0.507 e. The zero-order chi connectivity index (χ0) is 20.2. The van der Waals surface area contributed by atoms with E-state index in [0.717, 1.165) is 26.1 Å². The summed E-state index contributed by atoms with van der Waals surface area (Å²) < 4.78 is 10.9. The van der Waals surface area contributed by atoms with Gasteiger partial charge in [0.1, 0.15) is 17.6 Å². The lowest BCUT2D eigenvalue weighted by Gasteiger charge is -2.28. The molecule has 7 nitrogen and oxygen atoms in total. The molecule has 3 heterocycles. The van der Waals surface area contributed by atoms with Gasteiger partial charge in [-0.3, -0.25) is 14.5 Å². The zero-order valence-electron chi connectivity index (χ0n) is 16.1. The maximum Gasteiger partial charge on any atom is 0.295 e. The molecule has 0 radical (unpaired) electrons. The molecule has 29 heavy (non-hydrogen) atoms. The van der Waals surface area contributed by atoms with Crippen LogP contribution in [-0.2, 0) is 14.3 Å². The van der Waals surface area contributed by atoms with Gasteiger partial charge in [-0.25, -0.2) is 0 Å².